The number of hydrogen-bond acceptors (Lipinski definition) is 3. The Hall–Kier alpha value is -1.06. The smallest absolute Gasteiger partial charge is 0.122 e. The summed E-state index contributed by atoms with van der Waals surface area (Å²) in [5.74, 6) is 6.17. The second kappa shape index (κ2) is 4.07. The van der Waals surface area contributed by atoms with E-state index in [0.29, 0.717) is 6.61 Å². The molecule has 1 aliphatic rings. The number of methoxy groups -OCH3 is 1. The molecule has 0 aliphatic heterocycles. The number of nitrogens with two attached hydrogens (primary N) is 1. The first-order chi connectivity index (χ1) is 7.63. The fourth-order valence-corrected chi connectivity index (χ4v) is 2.17. The average Bonchev–Trinajstić information content (AvgIpc) is 3.03. The fourth-order valence-electron chi connectivity index (χ4n) is 2.17. The highest BCUT2D eigenvalue weighted by Crippen LogP contribution is 2.51. The number of hydrogen-bond donors (Lipinski definition) is 1. The van der Waals surface area contributed by atoms with E-state index < -0.39 is 0 Å². The molecule has 0 heterocycles. The molecule has 2 N–H and O–H groups in total. The Labute approximate surface area is 96.5 Å². The molecular formula is C13H19NO2. The van der Waals surface area contributed by atoms with Gasteiger partial charge in [-0.15, -0.1) is 0 Å². The summed E-state index contributed by atoms with van der Waals surface area (Å²) in [6, 6.07) is 4.31. The van der Waals surface area contributed by atoms with E-state index in [1.807, 2.05) is 0 Å². The van der Waals surface area contributed by atoms with Crippen molar-refractivity contribution in [3.05, 3.63) is 28.8 Å². The van der Waals surface area contributed by atoms with Gasteiger partial charge < -0.3 is 9.57 Å². The molecule has 0 radical (unpaired) electrons. The lowest BCUT2D eigenvalue weighted by atomic mass is 9.92. The van der Waals surface area contributed by atoms with Crippen LogP contribution in [0.1, 0.15) is 29.5 Å². The van der Waals surface area contributed by atoms with Crippen LogP contribution in [0.25, 0.3) is 0 Å². The molecule has 0 amide bonds. The van der Waals surface area contributed by atoms with Crippen molar-refractivity contribution < 1.29 is 9.57 Å². The Bertz CT molecular complexity index is 397. The van der Waals surface area contributed by atoms with Gasteiger partial charge in [0.05, 0.1) is 13.7 Å². The van der Waals surface area contributed by atoms with Crippen molar-refractivity contribution in [2.75, 3.05) is 13.7 Å². The predicted molar refractivity (Wildman–Crippen MR) is 63.5 cm³/mol. The molecule has 3 nitrogen and oxygen atoms in total. The van der Waals surface area contributed by atoms with Crippen molar-refractivity contribution in [3.8, 4) is 5.75 Å². The van der Waals surface area contributed by atoms with Crippen LogP contribution in [0, 0.1) is 13.8 Å². The summed E-state index contributed by atoms with van der Waals surface area (Å²) in [5, 5.41) is 0. The zero-order valence-corrected chi connectivity index (χ0v) is 10.2. The summed E-state index contributed by atoms with van der Waals surface area (Å²) in [7, 11) is 1.72. The molecule has 3 heteroatoms. The summed E-state index contributed by atoms with van der Waals surface area (Å²) in [6.45, 7) is 4.80. The van der Waals surface area contributed by atoms with Crippen molar-refractivity contribution in [3.63, 3.8) is 0 Å². The summed E-state index contributed by atoms with van der Waals surface area (Å²) in [6.07, 6.45) is 2.26. The zero-order chi connectivity index (χ0) is 11.8. The van der Waals surface area contributed by atoms with E-state index in [4.69, 9.17) is 15.5 Å². The SMILES string of the molecule is COc1cc(C)c(C)cc1C1(CON)CC1. The van der Waals surface area contributed by atoms with Crippen LogP contribution in [0.2, 0.25) is 0 Å². The topological polar surface area (TPSA) is 44.5 Å². The Balaban J connectivity index is 2.43. The summed E-state index contributed by atoms with van der Waals surface area (Å²) in [4.78, 5) is 4.84. The van der Waals surface area contributed by atoms with E-state index in [-0.39, 0.29) is 5.41 Å². The standard InChI is InChI=1S/C13H19NO2/c1-9-6-11(12(15-3)7-10(9)2)13(4-5-13)8-16-14/h6-7H,4-5,8,14H2,1-3H3. The quantitative estimate of drug-likeness (QED) is 0.793. The minimum atomic E-state index is 0.0958. The van der Waals surface area contributed by atoms with Crippen LogP contribution >= 0.6 is 0 Å². The molecule has 0 unspecified atom stereocenters. The van der Waals surface area contributed by atoms with E-state index in [1.54, 1.807) is 7.11 Å². The fraction of sp³-hybridized carbons (Fsp3) is 0.538. The van der Waals surface area contributed by atoms with Crippen LogP contribution in [0.3, 0.4) is 0 Å². The van der Waals surface area contributed by atoms with E-state index in [1.165, 1.54) is 16.7 Å². The zero-order valence-electron chi connectivity index (χ0n) is 10.2. The molecule has 1 aromatic carbocycles. The van der Waals surface area contributed by atoms with Gasteiger partial charge in [-0.1, -0.05) is 6.07 Å². The number of benzene rings is 1. The van der Waals surface area contributed by atoms with Gasteiger partial charge in [-0.25, -0.2) is 5.90 Å². The lowest BCUT2D eigenvalue weighted by molar-refractivity contribution is 0.115. The highest BCUT2D eigenvalue weighted by molar-refractivity contribution is 5.48. The van der Waals surface area contributed by atoms with Crippen LogP contribution in [-0.4, -0.2) is 13.7 Å². The summed E-state index contributed by atoms with van der Waals surface area (Å²) < 4.78 is 5.46. The van der Waals surface area contributed by atoms with Gasteiger partial charge in [-0.05, 0) is 43.9 Å². The summed E-state index contributed by atoms with van der Waals surface area (Å²) >= 11 is 0. The van der Waals surface area contributed by atoms with Gasteiger partial charge in [-0.2, -0.15) is 0 Å². The van der Waals surface area contributed by atoms with Gasteiger partial charge in [0, 0.05) is 11.0 Å². The monoisotopic (exact) mass is 221 g/mol. The maximum atomic E-state index is 5.46. The maximum absolute atomic E-state index is 5.46. The highest BCUT2D eigenvalue weighted by Gasteiger charge is 2.46. The number of rotatable bonds is 4. The molecule has 0 aromatic heterocycles. The van der Waals surface area contributed by atoms with Gasteiger partial charge in [0.15, 0.2) is 0 Å². The van der Waals surface area contributed by atoms with Gasteiger partial charge in [0.1, 0.15) is 5.75 Å². The molecule has 1 fully saturated rings. The Morgan fingerprint density at radius 3 is 2.38 bits per heavy atom. The van der Waals surface area contributed by atoms with Crippen molar-refractivity contribution in [1.82, 2.24) is 0 Å². The second-order valence-electron chi connectivity index (χ2n) is 4.73. The Morgan fingerprint density at radius 1 is 1.25 bits per heavy atom. The highest BCUT2D eigenvalue weighted by atomic mass is 16.6. The third-order valence-electron chi connectivity index (χ3n) is 3.60. The summed E-state index contributed by atoms with van der Waals surface area (Å²) in [5.41, 5.74) is 3.88. The second-order valence-corrected chi connectivity index (χ2v) is 4.73. The Kier molecular flexibility index (Phi) is 2.91. The molecule has 0 spiro atoms. The third-order valence-corrected chi connectivity index (χ3v) is 3.60. The first kappa shape index (κ1) is 11.4. The molecule has 1 saturated carbocycles. The third kappa shape index (κ3) is 1.81. The van der Waals surface area contributed by atoms with Crippen molar-refractivity contribution in [2.45, 2.75) is 32.1 Å². The first-order valence-electron chi connectivity index (χ1n) is 5.60. The number of ether oxygens (including phenoxy) is 1. The maximum Gasteiger partial charge on any atom is 0.122 e. The molecule has 2 rings (SSSR count). The molecule has 1 aromatic rings. The van der Waals surface area contributed by atoms with Crippen molar-refractivity contribution >= 4 is 0 Å². The lowest BCUT2D eigenvalue weighted by Crippen LogP contribution is -2.19. The van der Waals surface area contributed by atoms with Crippen LogP contribution in [0.5, 0.6) is 5.75 Å². The number of aryl methyl sites for hydroxylation is 2. The largest absolute Gasteiger partial charge is 0.496 e. The van der Waals surface area contributed by atoms with E-state index >= 15 is 0 Å². The van der Waals surface area contributed by atoms with Crippen LogP contribution in [-0.2, 0) is 10.3 Å². The molecule has 16 heavy (non-hydrogen) atoms. The van der Waals surface area contributed by atoms with E-state index in [2.05, 4.69) is 26.0 Å². The average molecular weight is 221 g/mol. The van der Waals surface area contributed by atoms with E-state index in [9.17, 15) is 0 Å². The predicted octanol–water partition coefficient (Wildman–Crippen LogP) is 2.23. The molecule has 0 bridgehead atoms. The van der Waals surface area contributed by atoms with Crippen LogP contribution < -0.4 is 10.6 Å². The normalized spacial score (nSPS) is 17.2. The molecule has 88 valence electrons. The lowest BCUT2D eigenvalue weighted by Gasteiger charge is -2.19. The first-order valence-corrected chi connectivity index (χ1v) is 5.60. The minimum Gasteiger partial charge on any atom is -0.496 e. The van der Waals surface area contributed by atoms with Crippen LogP contribution in [0.15, 0.2) is 12.1 Å². The van der Waals surface area contributed by atoms with Crippen molar-refractivity contribution in [2.24, 2.45) is 5.90 Å². The minimum absolute atomic E-state index is 0.0958. The van der Waals surface area contributed by atoms with Gasteiger partial charge in [0.2, 0.25) is 0 Å². The van der Waals surface area contributed by atoms with Crippen LogP contribution in [0.4, 0.5) is 0 Å². The Morgan fingerprint density at radius 2 is 1.88 bits per heavy atom. The molecule has 0 atom stereocenters. The van der Waals surface area contributed by atoms with Gasteiger partial charge in [0.25, 0.3) is 0 Å². The van der Waals surface area contributed by atoms with Gasteiger partial charge >= 0.3 is 0 Å². The van der Waals surface area contributed by atoms with Gasteiger partial charge in [-0.3, -0.25) is 0 Å². The molecular weight excluding hydrogens is 202 g/mol. The van der Waals surface area contributed by atoms with E-state index in [0.717, 1.165) is 18.6 Å². The molecule has 1 aliphatic carbocycles. The van der Waals surface area contributed by atoms with Crippen molar-refractivity contribution in [1.29, 1.82) is 0 Å². The molecule has 0 saturated heterocycles.